The Hall–Kier alpha value is -1.33. The Morgan fingerprint density at radius 3 is 2.31 bits per heavy atom. The van der Waals surface area contributed by atoms with Crippen molar-refractivity contribution in [1.29, 1.82) is 0 Å². The number of aliphatic hydroxyl groups is 5. The van der Waals surface area contributed by atoms with Crippen molar-refractivity contribution in [3.8, 4) is 0 Å². The van der Waals surface area contributed by atoms with E-state index in [9.17, 15) is 35.4 Å². The van der Waals surface area contributed by atoms with Crippen molar-refractivity contribution in [2.24, 2.45) is 39.4 Å². The number of carboxylic acids is 1. The first-order valence-electron chi connectivity index (χ1n) is 17.2. The zero-order valence-corrected chi connectivity index (χ0v) is 28.3. The first-order chi connectivity index (χ1) is 20.9. The predicted molar refractivity (Wildman–Crippen MR) is 169 cm³/mol. The van der Waals surface area contributed by atoms with E-state index >= 15 is 0 Å². The Morgan fingerprint density at radius 2 is 1.69 bits per heavy atom. The number of rotatable bonds is 8. The van der Waals surface area contributed by atoms with Crippen LogP contribution in [0.4, 0.5) is 0 Å². The minimum atomic E-state index is -1.55. The molecule has 45 heavy (non-hydrogen) atoms. The van der Waals surface area contributed by atoms with Gasteiger partial charge in [-0.25, -0.2) is 0 Å². The molecule has 1 heterocycles. The standard InChI is InChI=1S/C36H58O9/c1-19(2)9-8-10-20(31(42)43)21-11-16-36(7)27-22(12-15-35(21,36)6)34(5)14-13-26(38)33(3,4)25(34)17-23(27)44-32-30(41)29(40)28(39)24(18-37)45-32/h9,20-21,23-26,28-30,32,37-41H,8,10-18H2,1-7H3,(H,42,43)/t20-,21-,23-,24?,25?,26+,28?,29?,30?,32?,34-,35-,36+/m1/s1. The second-order valence-electron chi connectivity index (χ2n) is 16.5. The maximum atomic E-state index is 12.8. The van der Waals surface area contributed by atoms with Crippen molar-refractivity contribution in [2.75, 3.05) is 6.61 Å². The second kappa shape index (κ2) is 12.3. The lowest BCUT2D eigenvalue weighted by molar-refractivity contribution is -0.313. The topological polar surface area (TPSA) is 157 Å². The maximum absolute atomic E-state index is 12.8. The number of ether oxygens (including phenoxy) is 2. The van der Waals surface area contributed by atoms with Crippen LogP contribution in [0.3, 0.4) is 0 Å². The van der Waals surface area contributed by atoms with Gasteiger partial charge < -0.3 is 40.1 Å². The highest BCUT2D eigenvalue weighted by Gasteiger charge is 2.66. The summed E-state index contributed by atoms with van der Waals surface area (Å²) in [5, 5.41) is 63.6. The molecule has 0 spiro atoms. The molecule has 0 aromatic carbocycles. The monoisotopic (exact) mass is 634 g/mol. The summed E-state index contributed by atoms with van der Waals surface area (Å²) in [7, 11) is 0. The highest BCUT2D eigenvalue weighted by molar-refractivity contribution is 5.70. The molecule has 1 aliphatic heterocycles. The van der Waals surface area contributed by atoms with Gasteiger partial charge in [0.15, 0.2) is 6.29 Å². The minimum absolute atomic E-state index is 0.0114. The van der Waals surface area contributed by atoms with Crippen molar-refractivity contribution in [3.63, 3.8) is 0 Å². The van der Waals surface area contributed by atoms with E-state index in [4.69, 9.17) is 9.47 Å². The van der Waals surface area contributed by atoms with Gasteiger partial charge in [-0.15, -0.1) is 0 Å². The first kappa shape index (κ1) is 35.0. The van der Waals surface area contributed by atoms with Crippen LogP contribution in [-0.2, 0) is 14.3 Å². The Balaban J connectivity index is 1.59. The van der Waals surface area contributed by atoms with Gasteiger partial charge in [0.25, 0.3) is 0 Å². The van der Waals surface area contributed by atoms with E-state index in [0.29, 0.717) is 19.3 Å². The summed E-state index contributed by atoms with van der Waals surface area (Å²) in [6, 6.07) is 0. The van der Waals surface area contributed by atoms with Gasteiger partial charge in [0.05, 0.1) is 24.7 Å². The van der Waals surface area contributed by atoms with Gasteiger partial charge in [-0.2, -0.15) is 0 Å². The van der Waals surface area contributed by atoms with Crippen LogP contribution in [0.1, 0.15) is 106 Å². The van der Waals surface area contributed by atoms with E-state index in [1.165, 1.54) is 16.7 Å². The SMILES string of the molecule is CC(C)=CCC[C@@H](C(=O)O)[C@H]1CC[C@@]2(C)C3=C(CC[C@]12C)[C@@]1(C)CC[C@H](O)C(C)(C)C1C[C@H]3OC1OC(CO)C(O)C(O)C1O. The molecular weight excluding hydrogens is 576 g/mol. The van der Waals surface area contributed by atoms with E-state index in [1.807, 2.05) is 13.8 Å². The van der Waals surface area contributed by atoms with Gasteiger partial charge in [0, 0.05) is 0 Å². The average molecular weight is 635 g/mol. The van der Waals surface area contributed by atoms with Crippen LogP contribution in [0, 0.1) is 39.4 Å². The van der Waals surface area contributed by atoms with Crippen LogP contribution in [0.2, 0.25) is 0 Å². The lowest BCUT2D eigenvalue weighted by Gasteiger charge is -2.63. The highest BCUT2D eigenvalue weighted by Crippen LogP contribution is 2.73. The first-order valence-corrected chi connectivity index (χ1v) is 17.2. The highest BCUT2D eigenvalue weighted by atomic mass is 16.7. The van der Waals surface area contributed by atoms with Crippen LogP contribution < -0.4 is 0 Å². The van der Waals surface area contributed by atoms with Gasteiger partial charge in [-0.1, -0.05) is 51.8 Å². The van der Waals surface area contributed by atoms with Gasteiger partial charge in [0.2, 0.25) is 0 Å². The van der Waals surface area contributed by atoms with Crippen molar-refractivity contribution >= 4 is 5.97 Å². The number of carboxylic acid groups (broad SMARTS) is 1. The van der Waals surface area contributed by atoms with E-state index in [-0.39, 0.29) is 28.1 Å². The van der Waals surface area contributed by atoms with Crippen molar-refractivity contribution in [1.82, 2.24) is 0 Å². The number of fused-ring (bicyclic) bond motifs is 4. The summed E-state index contributed by atoms with van der Waals surface area (Å²) in [5.41, 5.74) is 2.45. The van der Waals surface area contributed by atoms with Gasteiger partial charge in [-0.3, -0.25) is 4.79 Å². The molecule has 3 fully saturated rings. The molecule has 256 valence electrons. The molecule has 5 rings (SSSR count). The quantitative estimate of drug-likeness (QED) is 0.214. The molecule has 0 bridgehead atoms. The van der Waals surface area contributed by atoms with Crippen LogP contribution >= 0.6 is 0 Å². The van der Waals surface area contributed by atoms with Crippen LogP contribution in [0.5, 0.6) is 0 Å². The van der Waals surface area contributed by atoms with Crippen LogP contribution in [0.15, 0.2) is 22.8 Å². The number of hydrogen-bond acceptors (Lipinski definition) is 8. The van der Waals surface area contributed by atoms with Gasteiger partial charge in [-0.05, 0) is 111 Å². The third-order valence-corrected chi connectivity index (χ3v) is 13.8. The third-order valence-electron chi connectivity index (χ3n) is 13.8. The number of carbonyl (C=O) groups is 1. The molecule has 0 aromatic heterocycles. The van der Waals surface area contributed by atoms with E-state index in [2.05, 4.69) is 40.7 Å². The molecule has 0 radical (unpaired) electrons. The molecule has 6 unspecified atom stereocenters. The molecule has 9 nitrogen and oxygen atoms in total. The number of allylic oxidation sites excluding steroid dienone is 3. The minimum Gasteiger partial charge on any atom is -0.481 e. The van der Waals surface area contributed by atoms with Crippen LogP contribution in [-0.4, -0.2) is 86.1 Å². The Kier molecular flexibility index (Phi) is 9.55. The molecule has 2 saturated carbocycles. The molecule has 5 aliphatic rings. The van der Waals surface area contributed by atoms with Crippen molar-refractivity contribution in [3.05, 3.63) is 22.8 Å². The zero-order valence-electron chi connectivity index (χ0n) is 28.3. The molecule has 4 aliphatic carbocycles. The van der Waals surface area contributed by atoms with Gasteiger partial charge in [0.1, 0.15) is 24.4 Å². The fraction of sp³-hybridized carbons (Fsp3) is 0.861. The lowest BCUT2D eigenvalue weighted by Crippen LogP contribution is -2.62. The predicted octanol–water partition coefficient (Wildman–Crippen LogP) is 4.34. The molecule has 9 heteroatoms. The molecule has 0 amide bonds. The summed E-state index contributed by atoms with van der Waals surface area (Å²) in [4.78, 5) is 12.8. The summed E-state index contributed by atoms with van der Waals surface area (Å²) in [5.74, 6) is -1.14. The average Bonchev–Trinajstić information content (AvgIpc) is 3.24. The van der Waals surface area contributed by atoms with E-state index < -0.39 is 66.8 Å². The fourth-order valence-electron chi connectivity index (χ4n) is 10.8. The summed E-state index contributed by atoms with van der Waals surface area (Å²) in [6.07, 6.45) is 1.01. The molecule has 1 saturated heterocycles. The van der Waals surface area contributed by atoms with E-state index in [1.54, 1.807) is 0 Å². The summed E-state index contributed by atoms with van der Waals surface area (Å²) in [6.45, 7) is 14.7. The third kappa shape index (κ3) is 5.46. The Labute approximate surface area is 268 Å². The second-order valence-corrected chi connectivity index (χ2v) is 16.5. The van der Waals surface area contributed by atoms with Crippen molar-refractivity contribution in [2.45, 2.75) is 149 Å². The number of hydrogen-bond donors (Lipinski definition) is 6. The summed E-state index contributed by atoms with van der Waals surface area (Å²) < 4.78 is 12.6. The number of aliphatic hydroxyl groups excluding tert-OH is 5. The molecule has 6 N–H and O–H groups in total. The fourth-order valence-corrected chi connectivity index (χ4v) is 10.8. The van der Waals surface area contributed by atoms with E-state index in [0.717, 1.165) is 38.5 Å². The van der Waals surface area contributed by atoms with Crippen LogP contribution in [0.25, 0.3) is 0 Å². The zero-order chi connectivity index (χ0) is 33.3. The number of aliphatic carboxylic acids is 1. The molecule has 13 atom stereocenters. The van der Waals surface area contributed by atoms with Gasteiger partial charge >= 0.3 is 5.97 Å². The normalized spacial score (nSPS) is 46.5. The molecule has 0 aromatic rings. The maximum Gasteiger partial charge on any atom is 0.306 e. The summed E-state index contributed by atoms with van der Waals surface area (Å²) >= 11 is 0. The van der Waals surface area contributed by atoms with Crippen molar-refractivity contribution < 1.29 is 44.9 Å². The smallest absolute Gasteiger partial charge is 0.306 e. The molecular formula is C36H58O9. The lowest BCUT2D eigenvalue weighted by atomic mass is 9.42. The Morgan fingerprint density at radius 1 is 1.00 bits per heavy atom. The largest absolute Gasteiger partial charge is 0.481 e. The Bertz CT molecular complexity index is 1190.